The smallest absolute Gasteiger partial charge is 0.543 e. The molecule has 126 valence electrons. The molecule has 2 saturated heterocycles. The molecule has 2 amide bonds. The number of thioether (sulfide) groups is 1. The van der Waals surface area contributed by atoms with Crippen molar-refractivity contribution in [2.75, 3.05) is 13.6 Å². The van der Waals surface area contributed by atoms with Crippen molar-refractivity contribution in [1.82, 2.24) is 9.80 Å². The Morgan fingerprint density at radius 1 is 1.42 bits per heavy atom. The minimum atomic E-state index is -1.38. The van der Waals surface area contributed by atoms with Gasteiger partial charge in [-0.3, -0.25) is 9.59 Å². The van der Waals surface area contributed by atoms with E-state index in [9.17, 15) is 24.6 Å². The summed E-state index contributed by atoms with van der Waals surface area (Å²) in [5.41, 5.74) is -0.0867. The van der Waals surface area contributed by atoms with Gasteiger partial charge in [-0.05, 0) is 6.92 Å². The van der Waals surface area contributed by atoms with Gasteiger partial charge in [-0.15, -0.1) is 11.8 Å². The third-order valence-corrected chi connectivity index (χ3v) is 6.37. The average Bonchev–Trinajstić information content (AvgIpc) is 2.87. The molecular weight excluding hydrogens is 343 g/mol. The fraction of sp³-hybridized carbons (Fsp3) is 0.667. The van der Waals surface area contributed by atoms with Crippen LogP contribution in [0.15, 0.2) is 10.6 Å². The first-order valence-corrected chi connectivity index (χ1v) is 8.49. The molecule has 0 aromatic carbocycles. The molecular formula is C15H19N2NaO5S. The van der Waals surface area contributed by atoms with Gasteiger partial charge in [0.15, 0.2) is 0 Å². The number of β-lactam (4-membered cyclic amide) rings is 1. The zero-order chi connectivity index (χ0) is 17.0. The molecule has 3 rings (SSSR count). The van der Waals surface area contributed by atoms with E-state index in [0.717, 1.165) is 0 Å². The Kier molecular flexibility index (Phi) is 5.76. The first kappa shape index (κ1) is 19.8. The topological polar surface area (TPSA) is 101 Å². The number of hydrogen-bond donors (Lipinski definition) is 1. The fourth-order valence-electron chi connectivity index (χ4n) is 3.75. The van der Waals surface area contributed by atoms with Crippen molar-refractivity contribution in [3.63, 3.8) is 0 Å². The van der Waals surface area contributed by atoms with E-state index >= 15 is 0 Å². The van der Waals surface area contributed by atoms with Crippen molar-refractivity contribution >= 4 is 29.5 Å². The Hall–Kier alpha value is -0.540. The molecule has 0 bridgehead atoms. The van der Waals surface area contributed by atoms with Gasteiger partial charge in [0.1, 0.15) is 0 Å². The molecule has 0 radical (unpaired) electrons. The van der Waals surface area contributed by atoms with Crippen LogP contribution in [-0.4, -0.2) is 63.7 Å². The molecule has 0 aliphatic carbocycles. The molecule has 3 heterocycles. The summed E-state index contributed by atoms with van der Waals surface area (Å²) in [6.07, 6.45) is -0.464. The summed E-state index contributed by atoms with van der Waals surface area (Å²) in [6, 6.07) is -0.340. The van der Waals surface area contributed by atoms with E-state index < -0.39 is 18.0 Å². The summed E-state index contributed by atoms with van der Waals surface area (Å²) in [5.74, 6) is -2.48. The number of aliphatic hydroxyl groups excluding tert-OH is 1. The van der Waals surface area contributed by atoms with Gasteiger partial charge in [0.2, 0.25) is 11.8 Å². The number of carbonyl (C=O) groups is 3. The van der Waals surface area contributed by atoms with Crippen molar-refractivity contribution in [2.24, 2.45) is 11.8 Å². The Labute approximate surface area is 166 Å². The number of rotatable bonds is 4. The first-order chi connectivity index (χ1) is 10.7. The van der Waals surface area contributed by atoms with Gasteiger partial charge in [0.05, 0.1) is 29.7 Å². The van der Waals surface area contributed by atoms with Crippen LogP contribution in [0.2, 0.25) is 0 Å². The monoisotopic (exact) mass is 362 g/mol. The van der Waals surface area contributed by atoms with E-state index in [0.29, 0.717) is 17.9 Å². The zero-order valence-electron chi connectivity index (χ0n) is 14.2. The molecule has 2 fully saturated rings. The van der Waals surface area contributed by atoms with Gasteiger partial charge in [-0.2, -0.15) is 0 Å². The van der Waals surface area contributed by atoms with Gasteiger partial charge in [-0.25, -0.2) is 0 Å². The Morgan fingerprint density at radius 2 is 2.04 bits per heavy atom. The number of fused-ring (bicyclic) bond motifs is 1. The second kappa shape index (κ2) is 6.99. The zero-order valence-corrected chi connectivity index (χ0v) is 17.0. The number of aliphatic carboxylic acids is 1. The number of nitrogens with zero attached hydrogens (tertiary/aromatic N) is 2. The van der Waals surface area contributed by atoms with Crippen LogP contribution in [0.4, 0.5) is 0 Å². The van der Waals surface area contributed by atoms with Crippen LogP contribution >= 0.6 is 11.8 Å². The SMILES string of the molecule is C[C@@H](O)[C@H]1C(=O)N2C(C(=O)[O-])=C(S[C@H]3CC(=O)N(C)C3)[C@H](C)[C@@H]12.[Na+]. The molecule has 0 spiro atoms. The predicted octanol–water partition coefficient (Wildman–Crippen LogP) is -4.23. The molecule has 0 aromatic rings. The molecule has 0 aromatic heterocycles. The number of amides is 2. The van der Waals surface area contributed by atoms with Crippen molar-refractivity contribution in [2.45, 2.75) is 37.7 Å². The molecule has 0 unspecified atom stereocenters. The van der Waals surface area contributed by atoms with Crippen LogP contribution in [0.25, 0.3) is 0 Å². The van der Waals surface area contributed by atoms with E-state index in [1.807, 2.05) is 6.92 Å². The summed E-state index contributed by atoms with van der Waals surface area (Å²) in [7, 11) is 1.72. The summed E-state index contributed by atoms with van der Waals surface area (Å²) < 4.78 is 0. The quantitative estimate of drug-likeness (QED) is 0.402. The largest absolute Gasteiger partial charge is 1.00 e. The molecule has 3 aliphatic rings. The molecule has 9 heteroatoms. The van der Waals surface area contributed by atoms with Crippen LogP contribution in [0.1, 0.15) is 20.3 Å². The third-order valence-electron chi connectivity index (χ3n) is 4.90. The van der Waals surface area contributed by atoms with Crippen molar-refractivity contribution in [1.29, 1.82) is 0 Å². The molecule has 3 aliphatic heterocycles. The number of aliphatic hydroxyl groups is 1. The molecule has 5 atom stereocenters. The number of carboxylic acids is 1. The first-order valence-electron chi connectivity index (χ1n) is 7.61. The molecule has 7 nitrogen and oxygen atoms in total. The van der Waals surface area contributed by atoms with Gasteiger partial charge < -0.3 is 24.8 Å². The van der Waals surface area contributed by atoms with Crippen molar-refractivity contribution in [3.8, 4) is 0 Å². The van der Waals surface area contributed by atoms with Crippen LogP contribution < -0.4 is 34.7 Å². The number of likely N-dealkylation sites (tertiary alicyclic amines) is 1. The number of hydrogen-bond acceptors (Lipinski definition) is 6. The summed E-state index contributed by atoms with van der Waals surface area (Å²) in [4.78, 5) is 38.9. The van der Waals surface area contributed by atoms with Gasteiger partial charge in [-0.1, -0.05) is 6.92 Å². The minimum absolute atomic E-state index is 0. The second-order valence-corrected chi connectivity index (χ2v) is 7.81. The number of carbonyl (C=O) groups excluding carboxylic acids is 3. The van der Waals surface area contributed by atoms with Crippen molar-refractivity contribution in [3.05, 3.63) is 10.6 Å². The Bertz CT molecular complexity index is 623. The van der Waals surface area contributed by atoms with Crippen LogP contribution in [0.5, 0.6) is 0 Å². The summed E-state index contributed by atoms with van der Waals surface area (Å²) in [5, 5.41) is 21.3. The number of carboxylic acid groups (broad SMARTS) is 1. The maximum atomic E-state index is 12.2. The molecule has 1 N–H and O–H groups in total. The van der Waals surface area contributed by atoms with Crippen LogP contribution in [0.3, 0.4) is 0 Å². The van der Waals surface area contributed by atoms with E-state index in [-0.39, 0.29) is 64.3 Å². The Morgan fingerprint density at radius 3 is 2.50 bits per heavy atom. The fourth-order valence-corrected chi connectivity index (χ4v) is 5.28. The van der Waals surface area contributed by atoms with Gasteiger partial charge in [0.25, 0.3) is 0 Å². The minimum Gasteiger partial charge on any atom is -0.543 e. The van der Waals surface area contributed by atoms with E-state index in [2.05, 4.69) is 0 Å². The summed E-state index contributed by atoms with van der Waals surface area (Å²) in [6.45, 7) is 3.96. The van der Waals surface area contributed by atoms with Crippen LogP contribution in [-0.2, 0) is 14.4 Å². The average molecular weight is 362 g/mol. The van der Waals surface area contributed by atoms with E-state index in [1.165, 1.54) is 16.7 Å². The maximum Gasteiger partial charge on any atom is 1.00 e. The molecule has 24 heavy (non-hydrogen) atoms. The predicted molar refractivity (Wildman–Crippen MR) is 80.6 cm³/mol. The Balaban J connectivity index is 0.00000208. The standard InChI is InChI=1S/C15H20N2O5S.Na/c1-6-11-10(7(2)18)14(20)17(11)12(15(21)22)13(6)23-8-4-9(19)16(3)5-8;/h6-8,10-11,18H,4-5H2,1-3H3,(H,21,22);/q;+1/p-1/t6-,7-,8+,10-,11+;/m1./s1. The van der Waals surface area contributed by atoms with E-state index in [4.69, 9.17) is 0 Å². The third kappa shape index (κ3) is 2.92. The van der Waals surface area contributed by atoms with Gasteiger partial charge in [0, 0.05) is 36.1 Å². The van der Waals surface area contributed by atoms with Crippen LogP contribution in [0, 0.1) is 11.8 Å². The van der Waals surface area contributed by atoms with E-state index in [1.54, 1.807) is 18.9 Å². The van der Waals surface area contributed by atoms with Gasteiger partial charge >= 0.3 is 29.6 Å². The maximum absolute atomic E-state index is 12.2. The van der Waals surface area contributed by atoms with Crippen molar-refractivity contribution < 1.29 is 54.2 Å². The second-order valence-electron chi connectivity index (χ2n) is 6.47. The molecule has 0 saturated carbocycles. The summed E-state index contributed by atoms with van der Waals surface area (Å²) >= 11 is 1.35. The normalized spacial score (nSPS) is 33.3.